The molecule has 3 rings (SSSR count). The number of hydrogen-bond donors (Lipinski definition) is 2. The Morgan fingerprint density at radius 1 is 1.12 bits per heavy atom. The number of aliphatic hydroxyl groups is 1. The first-order valence-electron chi connectivity index (χ1n) is 9.03. The normalized spacial score (nSPS) is 12.3. The molecule has 25 heavy (non-hydrogen) atoms. The molecule has 0 aliphatic carbocycles. The molecule has 0 fully saturated rings. The average molecular weight is 334 g/mol. The Bertz CT molecular complexity index is 871. The van der Waals surface area contributed by atoms with E-state index in [1.54, 1.807) is 6.92 Å². The zero-order valence-electron chi connectivity index (χ0n) is 15.2. The van der Waals surface area contributed by atoms with Crippen molar-refractivity contribution in [3.8, 4) is 0 Å². The van der Waals surface area contributed by atoms with Gasteiger partial charge in [-0.25, -0.2) is 0 Å². The summed E-state index contributed by atoms with van der Waals surface area (Å²) in [6.07, 6.45) is 4.70. The number of benzene rings is 2. The molecule has 130 valence electrons. The van der Waals surface area contributed by atoms with E-state index >= 15 is 0 Å². The minimum Gasteiger partial charge on any atom is -0.389 e. The Labute approximate surface area is 149 Å². The van der Waals surface area contributed by atoms with Gasteiger partial charge in [0.05, 0.1) is 17.3 Å². The van der Waals surface area contributed by atoms with E-state index in [1.807, 2.05) is 24.4 Å². The SMILES string of the molecule is CCCCc1cnc2c(C(C)O)cccc2c1Nc1ccccc1C. The number of anilines is 2. The van der Waals surface area contributed by atoms with Crippen molar-refractivity contribution in [2.45, 2.75) is 46.1 Å². The van der Waals surface area contributed by atoms with Crippen LogP contribution in [-0.4, -0.2) is 10.1 Å². The third kappa shape index (κ3) is 3.67. The summed E-state index contributed by atoms with van der Waals surface area (Å²) in [7, 11) is 0. The third-order valence-corrected chi connectivity index (χ3v) is 4.66. The van der Waals surface area contributed by atoms with Gasteiger partial charge in [0.25, 0.3) is 0 Å². The first-order valence-corrected chi connectivity index (χ1v) is 9.03. The van der Waals surface area contributed by atoms with E-state index < -0.39 is 6.10 Å². The number of hydrogen-bond acceptors (Lipinski definition) is 3. The molecular formula is C22H26N2O. The van der Waals surface area contributed by atoms with Crippen LogP contribution in [0.15, 0.2) is 48.7 Å². The van der Waals surface area contributed by atoms with Crippen LogP contribution in [0.25, 0.3) is 10.9 Å². The number of aryl methyl sites for hydroxylation is 2. The molecule has 1 aromatic heterocycles. The number of pyridine rings is 1. The molecule has 3 aromatic rings. The topological polar surface area (TPSA) is 45.2 Å². The molecule has 0 spiro atoms. The predicted octanol–water partition coefficient (Wildman–Crippen LogP) is 5.68. The van der Waals surface area contributed by atoms with E-state index in [1.165, 1.54) is 11.1 Å². The second-order valence-corrected chi connectivity index (χ2v) is 6.62. The van der Waals surface area contributed by atoms with Crippen molar-refractivity contribution in [2.75, 3.05) is 5.32 Å². The Hall–Kier alpha value is -2.39. The van der Waals surface area contributed by atoms with Gasteiger partial charge in [-0.1, -0.05) is 49.7 Å². The van der Waals surface area contributed by atoms with Gasteiger partial charge in [0.1, 0.15) is 0 Å². The van der Waals surface area contributed by atoms with Gasteiger partial charge in [-0.05, 0) is 43.9 Å². The fraction of sp³-hybridized carbons (Fsp3) is 0.318. The fourth-order valence-electron chi connectivity index (χ4n) is 3.18. The number of nitrogens with one attached hydrogen (secondary N) is 1. The van der Waals surface area contributed by atoms with E-state index in [0.29, 0.717) is 0 Å². The van der Waals surface area contributed by atoms with Gasteiger partial charge in [0.15, 0.2) is 0 Å². The molecule has 3 heteroatoms. The summed E-state index contributed by atoms with van der Waals surface area (Å²) in [5, 5.41) is 14.8. The highest BCUT2D eigenvalue weighted by Gasteiger charge is 2.14. The van der Waals surface area contributed by atoms with Gasteiger partial charge in [-0.3, -0.25) is 4.98 Å². The summed E-state index contributed by atoms with van der Waals surface area (Å²) in [4.78, 5) is 4.68. The molecule has 0 bridgehead atoms. The van der Waals surface area contributed by atoms with Crippen LogP contribution in [0.3, 0.4) is 0 Å². The maximum atomic E-state index is 10.1. The number of para-hydroxylation sites is 2. The lowest BCUT2D eigenvalue weighted by Gasteiger charge is -2.18. The zero-order chi connectivity index (χ0) is 17.8. The minimum absolute atomic E-state index is 0.538. The molecule has 0 amide bonds. The molecule has 0 saturated carbocycles. The molecule has 3 nitrogen and oxygen atoms in total. The van der Waals surface area contributed by atoms with Crippen LogP contribution < -0.4 is 5.32 Å². The van der Waals surface area contributed by atoms with Crippen LogP contribution in [0.5, 0.6) is 0 Å². The van der Waals surface area contributed by atoms with Crippen molar-refractivity contribution >= 4 is 22.3 Å². The Morgan fingerprint density at radius 3 is 2.64 bits per heavy atom. The van der Waals surface area contributed by atoms with Crippen molar-refractivity contribution in [1.82, 2.24) is 4.98 Å². The maximum absolute atomic E-state index is 10.1. The number of nitrogens with zero attached hydrogens (tertiary/aromatic N) is 1. The van der Waals surface area contributed by atoms with Crippen molar-refractivity contribution in [2.24, 2.45) is 0 Å². The molecule has 0 saturated heterocycles. The summed E-state index contributed by atoms with van der Waals surface area (Å²) in [6, 6.07) is 14.3. The van der Waals surface area contributed by atoms with Crippen molar-refractivity contribution in [3.63, 3.8) is 0 Å². The fourth-order valence-corrected chi connectivity index (χ4v) is 3.18. The monoisotopic (exact) mass is 334 g/mol. The van der Waals surface area contributed by atoms with Crippen LogP contribution in [0.1, 0.15) is 49.5 Å². The number of aliphatic hydroxyl groups excluding tert-OH is 1. The van der Waals surface area contributed by atoms with Gasteiger partial charge in [0, 0.05) is 22.8 Å². The highest BCUT2D eigenvalue weighted by Crippen LogP contribution is 2.34. The smallest absolute Gasteiger partial charge is 0.0783 e. The summed E-state index contributed by atoms with van der Waals surface area (Å²) in [5.41, 5.74) is 6.38. The minimum atomic E-state index is -0.538. The largest absolute Gasteiger partial charge is 0.389 e. The number of aromatic nitrogens is 1. The van der Waals surface area contributed by atoms with Crippen molar-refractivity contribution in [1.29, 1.82) is 0 Å². The molecule has 2 N–H and O–H groups in total. The van der Waals surface area contributed by atoms with Crippen LogP contribution >= 0.6 is 0 Å². The zero-order valence-corrected chi connectivity index (χ0v) is 15.2. The van der Waals surface area contributed by atoms with Crippen molar-refractivity contribution in [3.05, 3.63) is 65.4 Å². The molecule has 1 heterocycles. The lowest BCUT2D eigenvalue weighted by molar-refractivity contribution is 0.200. The maximum Gasteiger partial charge on any atom is 0.0783 e. The van der Waals surface area contributed by atoms with Crippen LogP contribution in [0.2, 0.25) is 0 Å². The van der Waals surface area contributed by atoms with Crippen LogP contribution in [0, 0.1) is 6.92 Å². The highest BCUT2D eigenvalue weighted by atomic mass is 16.3. The molecular weight excluding hydrogens is 308 g/mol. The molecule has 0 radical (unpaired) electrons. The first kappa shape index (κ1) is 17.4. The Morgan fingerprint density at radius 2 is 1.92 bits per heavy atom. The van der Waals surface area contributed by atoms with Gasteiger partial charge in [0.2, 0.25) is 0 Å². The Balaban J connectivity index is 2.17. The lowest BCUT2D eigenvalue weighted by Crippen LogP contribution is -2.03. The summed E-state index contributed by atoms with van der Waals surface area (Å²) in [6.45, 7) is 6.10. The molecule has 1 unspecified atom stereocenters. The van der Waals surface area contributed by atoms with Gasteiger partial charge < -0.3 is 10.4 Å². The molecule has 0 aliphatic rings. The van der Waals surface area contributed by atoms with E-state index in [0.717, 1.165) is 47.1 Å². The van der Waals surface area contributed by atoms with E-state index in [9.17, 15) is 5.11 Å². The summed E-state index contributed by atoms with van der Waals surface area (Å²) in [5.74, 6) is 0. The number of rotatable bonds is 6. The number of unbranched alkanes of at least 4 members (excludes halogenated alkanes) is 1. The standard InChI is InChI=1S/C22H26N2O/c1-4-5-10-17-14-23-22-18(16(3)25)11-8-12-19(22)21(17)24-20-13-7-6-9-15(20)2/h6-9,11-14,16,25H,4-5,10H2,1-3H3,(H,23,24). The highest BCUT2D eigenvalue weighted by molar-refractivity contribution is 5.96. The van der Waals surface area contributed by atoms with Crippen LogP contribution in [-0.2, 0) is 6.42 Å². The molecule has 2 aromatic carbocycles. The van der Waals surface area contributed by atoms with Gasteiger partial charge in [-0.2, -0.15) is 0 Å². The Kier molecular flexibility index (Phi) is 5.34. The van der Waals surface area contributed by atoms with E-state index in [-0.39, 0.29) is 0 Å². The molecule has 0 aliphatic heterocycles. The molecule has 1 atom stereocenters. The summed E-state index contributed by atoms with van der Waals surface area (Å²) < 4.78 is 0. The van der Waals surface area contributed by atoms with Crippen molar-refractivity contribution < 1.29 is 5.11 Å². The van der Waals surface area contributed by atoms with Gasteiger partial charge >= 0.3 is 0 Å². The van der Waals surface area contributed by atoms with E-state index in [2.05, 4.69) is 48.4 Å². The lowest BCUT2D eigenvalue weighted by atomic mass is 10.00. The van der Waals surface area contributed by atoms with Crippen LogP contribution in [0.4, 0.5) is 11.4 Å². The quantitative estimate of drug-likeness (QED) is 0.609. The number of fused-ring (bicyclic) bond motifs is 1. The first-order chi connectivity index (χ1) is 12.1. The van der Waals surface area contributed by atoms with Gasteiger partial charge in [-0.15, -0.1) is 0 Å². The predicted molar refractivity (Wildman–Crippen MR) is 105 cm³/mol. The second-order valence-electron chi connectivity index (χ2n) is 6.62. The second kappa shape index (κ2) is 7.66. The van der Waals surface area contributed by atoms with E-state index in [4.69, 9.17) is 0 Å². The third-order valence-electron chi connectivity index (χ3n) is 4.66. The summed E-state index contributed by atoms with van der Waals surface area (Å²) >= 11 is 0. The average Bonchev–Trinajstić information content (AvgIpc) is 2.62.